The van der Waals surface area contributed by atoms with Crippen molar-refractivity contribution < 1.29 is 33.6 Å². The maximum Gasteiger partial charge on any atom is 0.295 e. The Balaban J connectivity index is 2.15. The third-order valence-corrected chi connectivity index (χ3v) is 6.02. The molecule has 1 unspecified atom stereocenters. The second-order valence-corrected chi connectivity index (χ2v) is 8.63. The van der Waals surface area contributed by atoms with Gasteiger partial charge >= 0.3 is 0 Å². The van der Waals surface area contributed by atoms with Crippen LogP contribution >= 0.6 is 11.6 Å². The first-order valence-corrected chi connectivity index (χ1v) is 11.6. The van der Waals surface area contributed by atoms with E-state index in [-0.39, 0.29) is 34.6 Å². The van der Waals surface area contributed by atoms with Crippen LogP contribution < -0.4 is 14.2 Å². The number of halogens is 1. The summed E-state index contributed by atoms with van der Waals surface area (Å²) in [5, 5.41) is 11.5. The second kappa shape index (κ2) is 11.5. The lowest BCUT2D eigenvalue weighted by Crippen LogP contribution is -2.31. The van der Waals surface area contributed by atoms with Gasteiger partial charge in [-0.05, 0) is 56.2 Å². The van der Waals surface area contributed by atoms with Crippen molar-refractivity contribution in [3.05, 3.63) is 58.1 Å². The number of carbonyl (C=O) groups is 2. The average molecular weight is 504 g/mol. The predicted octanol–water partition coefficient (Wildman–Crippen LogP) is 4.60. The zero-order chi connectivity index (χ0) is 25.7. The molecule has 9 heteroatoms. The quantitative estimate of drug-likeness (QED) is 0.219. The van der Waals surface area contributed by atoms with Gasteiger partial charge in [0, 0.05) is 18.7 Å². The number of rotatable bonds is 10. The van der Waals surface area contributed by atoms with Gasteiger partial charge in [-0.1, -0.05) is 17.7 Å². The average Bonchev–Trinajstić information content (AvgIpc) is 3.10. The Labute approximate surface area is 210 Å². The molecule has 1 aliphatic heterocycles. The van der Waals surface area contributed by atoms with E-state index in [1.165, 1.54) is 32.3 Å². The zero-order valence-electron chi connectivity index (χ0n) is 20.5. The number of methoxy groups -OCH3 is 3. The van der Waals surface area contributed by atoms with E-state index in [0.717, 1.165) is 0 Å². The minimum Gasteiger partial charge on any atom is -0.507 e. The number of nitrogens with zero attached hydrogens (tertiary/aromatic N) is 1. The number of ketones is 1. The SMILES string of the molecule is COc1ccc(Cl)c(/C(O)=C2\C(=O)C(=O)N(CCCOC(C)C)C2c2ccc(OC)c(OC)c2)c1. The van der Waals surface area contributed by atoms with Gasteiger partial charge in [0.1, 0.15) is 11.5 Å². The van der Waals surface area contributed by atoms with Crippen LogP contribution in [-0.2, 0) is 14.3 Å². The molecule has 1 N–H and O–H groups in total. The van der Waals surface area contributed by atoms with Crippen molar-refractivity contribution in [2.75, 3.05) is 34.5 Å². The van der Waals surface area contributed by atoms with Crippen LogP contribution in [0.5, 0.6) is 17.2 Å². The van der Waals surface area contributed by atoms with Gasteiger partial charge in [-0.25, -0.2) is 0 Å². The van der Waals surface area contributed by atoms with E-state index in [1.807, 2.05) is 13.8 Å². The molecule has 0 aliphatic carbocycles. The fourth-order valence-electron chi connectivity index (χ4n) is 3.99. The fourth-order valence-corrected chi connectivity index (χ4v) is 4.20. The highest BCUT2D eigenvalue weighted by Gasteiger charge is 2.46. The summed E-state index contributed by atoms with van der Waals surface area (Å²) in [5.74, 6) is -0.528. The standard InChI is InChI=1S/C26H30ClNO7/c1-15(2)35-12-6-11-28-23(16-7-10-20(33-4)21(13-16)34-5)22(25(30)26(28)31)24(29)18-14-17(32-3)8-9-19(18)27/h7-10,13-15,23,29H,6,11-12H2,1-5H3/b24-22+. The molecule has 0 saturated carbocycles. The van der Waals surface area contributed by atoms with Crippen molar-refractivity contribution in [2.24, 2.45) is 0 Å². The Kier molecular flexibility index (Phi) is 8.64. The van der Waals surface area contributed by atoms with E-state index in [9.17, 15) is 14.7 Å². The molecule has 1 saturated heterocycles. The Bertz CT molecular complexity index is 1130. The van der Waals surface area contributed by atoms with E-state index in [1.54, 1.807) is 30.3 Å². The van der Waals surface area contributed by atoms with E-state index in [0.29, 0.717) is 35.8 Å². The summed E-state index contributed by atoms with van der Waals surface area (Å²) in [5.41, 5.74) is 0.701. The molecule has 1 fully saturated rings. The minimum atomic E-state index is -0.865. The summed E-state index contributed by atoms with van der Waals surface area (Å²) in [7, 11) is 4.50. The number of aliphatic hydroxyl groups excluding tert-OH is 1. The number of ether oxygens (including phenoxy) is 4. The molecule has 0 aromatic heterocycles. The summed E-state index contributed by atoms with van der Waals surface area (Å²) >= 11 is 6.35. The summed E-state index contributed by atoms with van der Waals surface area (Å²) in [6, 6.07) is 8.96. The van der Waals surface area contributed by atoms with Gasteiger partial charge in [0.15, 0.2) is 11.5 Å². The first kappa shape index (κ1) is 26.4. The van der Waals surface area contributed by atoms with Crippen LogP contribution in [0.2, 0.25) is 5.02 Å². The highest BCUT2D eigenvalue weighted by atomic mass is 35.5. The number of likely N-dealkylation sites (tertiary alicyclic amines) is 1. The highest BCUT2D eigenvalue weighted by Crippen LogP contribution is 2.43. The van der Waals surface area contributed by atoms with E-state index >= 15 is 0 Å². The lowest BCUT2D eigenvalue weighted by Gasteiger charge is -2.26. The third-order valence-electron chi connectivity index (χ3n) is 5.69. The monoisotopic (exact) mass is 503 g/mol. The van der Waals surface area contributed by atoms with Gasteiger partial charge in [-0.3, -0.25) is 9.59 Å². The van der Waals surface area contributed by atoms with Crippen LogP contribution in [0.15, 0.2) is 42.0 Å². The number of carbonyl (C=O) groups excluding carboxylic acids is 2. The Morgan fingerprint density at radius 1 is 1.03 bits per heavy atom. The molecule has 8 nitrogen and oxygen atoms in total. The smallest absolute Gasteiger partial charge is 0.295 e. The number of amides is 1. The Hall–Kier alpha value is -3.23. The predicted molar refractivity (Wildman–Crippen MR) is 132 cm³/mol. The van der Waals surface area contributed by atoms with Crippen molar-refractivity contribution in [2.45, 2.75) is 32.4 Å². The zero-order valence-corrected chi connectivity index (χ0v) is 21.2. The maximum atomic E-state index is 13.2. The molecule has 35 heavy (non-hydrogen) atoms. The number of aliphatic hydroxyl groups is 1. The van der Waals surface area contributed by atoms with Crippen molar-refractivity contribution in [1.82, 2.24) is 4.90 Å². The van der Waals surface area contributed by atoms with E-state index in [4.69, 9.17) is 30.5 Å². The van der Waals surface area contributed by atoms with Gasteiger partial charge in [0.25, 0.3) is 11.7 Å². The lowest BCUT2D eigenvalue weighted by atomic mass is 9.94. The van der Waals surface area contributed by atoms with Gasteiger partial charge in [-0.15, -0.1) is 0 Å². The molecule has 1 atom stereocenters. The van der Waals surface area contributed by atoms with Crippen molar-refractivity contribution in [3.63, 3.8) is 0 Å². The van der Waals surface area contributed by atoms with Crippen molar-refractivity contribution >= 4 is 29.1 Å². The molecule has 1 amide bonds. The highest BCUT2D eigenvalue weighted by molar-refractivity contribution is 6.47. The molecule has 0 radical (unpaired) electrons. The number of hydrogen-bond donors (Lipinski definition) is 1. The molecule has 1 heterocycles. The van der Waals surface area contributed by atoms with Crippen LogP contribution in [0.3, 0.4) is 0 Å². The van der Waals surface area contributed by atoms with Crippen molar-refractivity contribution in [3.8, 4) is 17.2 Å². The van der Waals surface area contributed by atoms with E-state index in [2.05, 4.69) is 0 Å². The van der Waals surface area contributed by atoms with Crippen LogP contribution in [-0.4, -0.2) is 62.3 Å². The largest absolute Gasteiger partial charge is 0.507 e. The normalized spacial score (nSPS) is 17.2. The van der Waals surface area contributed by atoms with Crippen LogP contribution in [0.1, 0.15) is 37.4 Å². The van der Waals surface area contributed by atoms with Crippen molar-refractivity contribution in [1.29, 1.82) is 0 Å². The molecule has 1 aliphatic rings. The van der Waals surface area contributed by atoms with Crippen LogP contribution in [0.25, 0.3) is 5.76 Å². The summed E-state index contributed by atoms with van der Waals surface area (Å²) < 4.78 is 21.6. The van der Waals surface area contributed by atoms with Gasteiger partial charge in [0.05, 0.1) is 44.1 Å². The topological polar surface area (TPSA) is 94.5 Å². The van der Waals surface area contributed by atoms with E-state index < -0.39 is 17.7 Å². The summed E-state index contributed by atoms with van der Waals surface area (Å²) in [4.78, 5) is 27.8. The summed E-state index contributed by atoms with van der Waals surface area (Å²) in [6.07, 6.45) is 0.553. The van der Waals surface area contributed by atoms with Gasteiger partial charge in [0.2, 0.25) is 0 Å². The number of Topliss-reactive ketones (excluding diaryl/α,β-unsaturated/α-hetero) is 1. The first-order valence-electron chi connectivity index (χ1n) is 11.2. The Morgan fingerprint density at radius 3 is 2.37 bits per heavy atom. The molecule has 188 valence electrons. The molecular weight excluding hydrogens is 474 g/mol. The number of benzene rings is 2. The lowest BCUT2D eigenvalue weighted by molar-refractivity contribution is -0.140. The molecule has 2 aromatic rings. The second-order valence-electron chi connectivity index (χ2n) is 8.23. The first-order chi connectivity index (χ1) is 16.7. The molecule has 0 bridgehead atoms. The molecular formula is C26H30ClNO7. The van der Waals surface area contributed by atoms with Gasteiger partial charge in [-0.2, -0.15) is 0 Å². The fraction of sp³-hybridized carbons (Fsp3) is 0.385. The molecule has 0 spiro atoms. The minimum absolute atomic E-state index is 0.0438. The maximum absolute atomic E-state index is 13.2. The third kappa shape index (κ3) is 5.55. The molecule has 3 rings (SSSR count). The Morgan fingerprint density at radius 2 is 1.74 bits per heavy atom. The summed E-state index contributed by atoms with van der Waals surface area (Å²) in [6.45, 7) is 4.52. The number of hydrogen-bond acceptors (Lipinski definition) is 7. The van der Waals surface area contributed by atoms with Gasteiger partial charge < -0.3 is 29.0 Å². The van der Waals surface area contributed by atoms with Crippen LogP contribution in [0, 0.1) is 0 Å². The van der Waals surface area contributed by atoms with Crippen LogP contribution in [0.4, 0.5) is 0 Å². The molecule has 2 aromatic carbocycles.